The van der Waals surface area contributed by atoms with Crippen molar-refractivity contribution in [3.8, 4) is 5.75 Å². The highest BCUT2D eigenvalue weighted by molar-refractivity contribution is 7.85. The summed E-state index contributed by atoms with van der Waals surface area (Å²) in [5.41, 5.74) is 0.928. The van der Waals surface area contributed by atoms with Gasteiger partial charge in [0.15, 0.2) is 0 Å². The van der Waals surface area contributed by atoms with E-state index >= 15 is 0 Å². The fourth-order valence-electron chi connectivity index (χ4n) is 4.34. The van der Waals surface area contributed by atoms with E-state index in [-0.39, 0.29) is 6.10 Å². The molecular weight excluding hydrogens is 436 g/mol. The van der Waals surface area contributed by atoms with Crippen LogP contribution in [0.15, 0.2) is 29.2 Å². The van der Waals surface area contributed by atoms with E-state index < -0.39 is 10.8 Å². The molecule has 31 heavy (non-hydrogen) atoms. The Kier molecular flexibility index (Phi) is 6.29. The van der Waals surface area contributed by atoms with Gasteiger partial charge in [-0.05, 0) is 37.1 Å². The second-order valence-electron chi connectivity index (χ2n) is 8.24. The third-order valence-corrected chi connectivity index (χ3v) is 7.79. The van der Waals surface area contributed by atoms with Gasteiger partial charge in [0.1, 0.15) is 22.6 Å². The first-order valence-electron chi connectivity index (χ1n) is 11.0. The van der Waals surface area contributed by atoms with Gasteiger partial charge in [0.2, 0.25) is 5.95 Å². The molecule has 4 heterocycles. The molecule has 166 valence electrons. The Morgan fingerprint density at radius 3 is 2.58 bits per heavy atom. The number of nitrogens with one attached hydrogen (secondary N) is 1. The number of aromatic nitrogens is 2. The molecule has 0 aliphatic carbocycles. The number of rotatable bonds is 5. The van der Waals surface area contributed by atoms with Gasteiger partial charge in [0, 0.05) is 62.4 Å². The van der Waals surface area contributed by atoms with Crippen molar-refractivity contribution >= 4 is 34.2 Å². The largest absolute Gasteiger partial charge is 0.490 e. The van der Waals surface area contributed by atoms with Crippen LogP contribution in [0.5, 0.6) is 5.75 Å². The van der Waals surface area contributed by atoms with E-state index in [4.69, 9.17) is 31.0 Å². The van der Waals surface area contributed by atoms with E-state index in [0.717, 1.165) is 86.5 Å². The predicted octanol–water partition coefficient (Wildman–Crippen LogP) is 3.43. The van der Waals surface area contributed by atoms with Crippen molar-refractivity contribution in [3.05, 3.63) is 35.0 Å². The zero-order chi connectivity index (χ0) is 21.2. The first-order chi connectivity index (χ1) is 15.2. The Hall–Kier alpha value is -1.90. The molecular formula is C22H27ClN4O3S. The number of nitrogens with zero attached hydrogens (tertiary/aromatic N) is 3. The van der Waals surface area contributed by atoms with E-state index in [1.54, 1.807) is 0 Å². The number of anilines is 2. The van der Waals surface area contributed by atoms with Gasteiger partial charge in [0.25, 0.3) is 0 Å². The minimum absolute atomic E-state index is 0.166. The van der Waals surface area contributed by atoms with Crippen molar-refractivity contribution in [3.63, 3.8) is 0 Å². The molecule has 3 aliphatic heterocycles. The maximum Gasteiger partial charge on any atom is 0.227 e. The average molecular weight is 463 g/mol. The van der Waals surface area contributed by atoms with E-state index in [1.807, 2.05) is 24.3 Å². The molecule has 1 aromatic carbocycles. The van der Waals surface area contributed by atoms with Crippen molar-refractivity contribution in [2.75, 3.05) is 42.3 Å². The summed E-state index contributed by atoms with van der Waals surface area (Å²) < 4.78 is 24.2. The van der Waals surface area contributed by atoms with Crippen LogP contribution in [0, 0.1) is 0 Å². The number of piperidine rings is 1. The molecule has 9 heteroatoms. The highest BCUT2D eigenvalue weighted by Gasteiger charge is 2.30. The maximum atomic E-state index is 12.6. The van der Waals surface area contributed by atoms with Gasteiger partial charge >= 0.3 is 0 Å². The standard InChI is InChI=1S/C22H27ClN4O3S/c23-15-1-3-17(4-2-15)30-18-5-10-27(11-6-18)22-25-19-9-14-31(28)20(19)21(26-22)24-16-7-12-29-13-8-16/h1-4,16,18H,5-14H2,(H,24,25,26). The summed E-state index contributed by atoms with van der Waals surface area (Å²) in [5, 5.41) is 4.26. The minimum Gasteiger partial charge on any atom is -0.490 e. The zero-order valence-electron chi connectivity index (χ0n) is 17.4. The van der Waals surface area contributed by atoms with E-state index in [1.165, 1.54) is 0 Å². The summed E-state index contributed by atoms with van der Waals surface area (Å²) in [6.07, 6.45) is 4.59. The summed E-state index contributed by atoms with van der Waals surface area (Å²) in [6.45, 7) is 3.16. The Labute approximate surface area is 190 Å². The molecule has 1 N–H and O–H groups in total. The number of benzene rings is 1. The van der Waals surface area contributed by atoms with Crippen LogP contribution in [-0.2, 0) is 22.0 Å². The summed E-state index contributed by atoms with van der Waals surface area (Å²) in [5.74, 6) is 2.97. The van der Waals surface area contributed by atoms with Crippen LogP contribution in [0.3, 0.4) is 0 Å². The first-order valence-corrected chi connectivity index (χ1v) is 12.7. The maximum absolute atomic E-state index is 12.6. The second-order valence-corrected chi connectivity index (χ2v) is 10.2. The summed E-state index contributed by atoms with van der Waals surface area (Å²) in [4.78, 5) is 12.7. The summed E-state index contributed by atoms with van der Waals surface area (Å²) in [7, 11) is -1.02. The Morgan fingerprint density at radius 1 is 1.10 bits per heavy atom. The fourth-order valence-corrected chi connectivity index (χ4v) is 5.78. The molecule has 1 unspecified atom stereocenters. The Morgan fingerprint density at radius 2 is 1.84 bits per heavy atom. The van der Waals surface area contributed by atoms with Gasteiger partial charge in [-0.1, -0.05) is 11.6 Å². The van der Waals surface area contributed by atoms with E-state index in [9.17, 15) is 4.21 Å². The van der Waals surface area contributed by atoms with Crippen molar-refractivity contribution in [1.82, 2.24) is 9.97 Å². The van der Waals surface area contributed by atoms with Crippen LogP contribution in [0.25, 0.3) is 0 Å². The lowest BCUT2D eigenvalue weighted by atomic mass is 10.1. The number of halogens is 1. The normalized spacial score (nSPS) is 22.4. The average Bonchev–Trinajstić information content (AvgIpc) is 3.17. The molecule has 0 spiro atoms. The summed E-state index contributed by atoms with van der Waals surface area (Å²) >= 11 is 5.96. The first kappa shape index (κ1) is 21.0. The molecule has 2 fully saturated rings. The van der Waals surface area contributed by atoms with Crippen LogP contribution in [0.2, 0.25) is 5.02 Å². The molecule has 0 radical (unpaired) electrons. The van der Waals surface area contributed by atoms with Crippen LogP contribution in [-0.4, -0.2) is 58.4 Å². The highest BCUT2D eigenvalue weighted by atomic mass is 35.5. The number of ether oxygens (including phenoxy) is 2. The number of hydrogen-bond donors (Lipinski definition) is 1. The summed E-state index contributed by atoms with van der Waals surface area (Å²) in [6, 6.07) is 7.82. The van der Waals surface area contributed by atoms with E-state index in [2.05, 4.69) is 10.2 Å². The van der Waals surface area contributed by atoms with Crippen molar-refractivity contribution in [2.24, 2.45) is 0 Å². The highest BCUT2D eigenvalue weighted by Crippen LogP contribution is 2.32. The van der Waals surface area contributed by atoms with Crippen LogP contribution >= 0.6 is 11.6 Å². The minimum atomic E-state index is -1.02. The van der Waals surface area contributed by atoms with Crippen LogP contribution < -0.4 is 15.0 Å². The number of aryl methyl sites for hydroxylation is 1. The SMILES string of the molecule is O=S1CCc2nc(N3CCC(Oc4ccc(Cl)cc4)CC3)nc(NC3CCOCC3)c21. The molecule has 2 aromatic rings. The quantitative estimate of drug-likeness (QED) is 0.729. The smallest absolute Gasteiger partial charge is 0.227 e. The van der Waals surface area contributed by atoms with Crippen molar-refractivity contribution in [1.29, 1.82) is 0 Å². The topological polar surface area (TPSA) is 76.6 Å². The molecule has 1 aromatic heterocycles. The van der Waals surface area contributed by atoms with Gasteiger partial charge in [-0.3, -0.25) is 4.21 Å². The lowest BCUT2D eigenvalue weighted by Crippen LogP contribution is -2.39. The monoisotopic (exact) mass is 462 g/mol. The van der Waals surface area contributed by atoms with Gasteiger partial charge in [-0.2, -0.15) is 4.98 Å². The molecule has 2 saturated heterocycles. The molecule has 0 amide bonds. The third kappa shape index (κ3) is 4.81. The van der Waals surface area contributed by atoms with E-state index in [0.29, 0.717) is 16.8 Å². The predicted molar refractivity (Wildman–Crippen MR) is 122 cm³/mol. The fraction of sp³-hybridized carbons (Fsp3) is 0.545. The van der Waals surface area contributed by atoms with Gasteiger partial charge in [-0.15, -0.1) is 0 Å². The van der Waals surface area contributed by atoms with Gasteiger partial charge in [-0.25, -0.2) is 4.98 Å². The molecule has 5 rings (SSSR count). The molecule has 0 saturated carbocycles. The molecule has 7 nitrogen and oxygen atoms in total. The van der Waals surface area contributed by atoms with Gasteiger partial charge in [0.05, 0.1) is 16.5 Å². The molecule has 0 bridgehead atoms. The Bertz CT molecular complexity index is 945. The number of hydrogen-bond acceptors (Lipinski definition) is 7. The lowest BCUT2D eigenvalue weighted by Gasteiger charge is -2.33. The third-order valence-electron chi connectivity index (χ3n) is 6.08. The van der Waals surface area contributed by atoms with Crippen molar-refractivity contribution in [2.45, 2.75) is 49.1 Å². The second kappa shape index (κ2) is 9.30. The van der Waals surface area contributed by atoms with Crippen LogP contribution in [0.4, 0.5) is 11.8 Å². The molecule has 1 atom stereocenters. The zero-order valence-corrected chi connectivity index (χ0v) is 19.0. The molecule has 3 aliphatic rings. The Balaban J connectivity index is 1.28. The van der Waals surface area contributed by atoms with Crippen molar-refractivity contribution < 1.29 is 13.7 Å². The lowest BCUT2D eigenvalue weighted by molar-refractivity contribution is 0.0903. The van der Waals surface area contributed by atoms with Crippen LogP contribution in [0.1, 0.15) is 31.4 Å². The number of fused-ring (bicyclic) bond motifs is 1. The van der Waals surface area contributed by atoms with Gasteiger partial charge < -0.3 is 19.7 Å².